The summed E-state index contributed by atoms with van der Waals surface area (Å²) in [5.41, 5.74) is 1.88. The van der Waals surface area contributed by atoms with Crippen LogP contribution < -0.4 is 5.32 Å². The smallest absolute Gasteiger partial charge is 0.289 e. The van der Waals surface area contributed by atoms with Crippen LogP contribution in [0.3, 0.4) is 0 Å². The Morgan fingerprint density at radius 3 is 2.00 bits per heavy atom. The SMILES string of the molecule is CC(C)(C)NC(=O)c1oc(-c2ccccc2)nc1-c1ccccc1. The highest BCUT2D eigenvalue weighted by atomic mass is 16.4. The molecule has 0 unspecified atom stereocenters. The van der Waals surface area contributed by atoms with Crippen LogP contribution in [0.4, 0.5) is 0 Å². The highest BCUT2D eigenvalue weighted by molar-refractivity contribution is 5.98. The van der Waals surface area contributed by atoms with E-state index in [1.807, 2.05) is 81.4 Å². The molecule has 0 fully saturated rings. The highest BCUT2D eigenvalue weighted by Crippen LogP contribution is 2.29. The number of hydrogen-bond donors (Lipinski definition) is 1. The van der Waals surface area contributed by atoms with Gasteiger partial charge in [-0.3, -0.25) is 4.79 Å². The molecule has 3 aromatic rings. The molecule has 4 heteroatoms. The van der Waals surface area contributed by atoms with Crippen LogP contribution >= 0.6 is 0 Å². The molecule has 1 amide bonds. The minimum Gasteiger partial charge on any atom is -0.430 e. The van der Waals surface area contributed by atoms with Crippen LogP contribution in [-0.2, 0) is 0 Å². The van der Waals surface area contributed by atoms with E-state index in [0.29, 0.717) is 11.6 Å². The summed E-state index contributed by atoms with van der Waals surface area (Å²) in [5.74, 6) is 0.402. The third-order valence-corrected chi connectivity index (χ3v) is 3.39. The van der Waals surface area contributed by atoms with Gasteiger partial charge in [-0.15, -0.1) is 0 Å². The molecule has 24 heavy (non-hydrogen) atoms. The Hall–Kier alpha value is -2.88. The van der Waals surface area contributed by atoms with Crippen molar-refractivity contribution in [1.82, 2.24) is 10.3 Å². The van der Waals surface area contributed by atoms with Gasteiger partial charge >= 0.3 is 0 Å². The van der Waals surface area contributed by atoms with Crippen molar-refractivity contribution in [3.8, 4) is 22.7 Å². The van der Waals surface area contributed by atoms with E-state index in [1.165, 1.54) is 0 Å². The van der Waals surface area contributed by atoms with Crippen LogP contribution in [0.1, 0.15) is 31.3 Å². The summed E-state index contributed by atoms with van der Waals surface area (Å²) in [6, 6.07) is 19.2. The number of benzene rings is 2. The summed E-state index contributed by atoms with van der Waals surface area (Å²) in [4.78, 5) is 17.2. The summed E-state index contributed by atoms with van der Waals surface area (Å²) < 4.78 is 5.84. The van der Waals surface area contributed by atoms with Crippen LogP contribution in [0, 0.1) is 0 Å². The minimum absolute atomic E-state index is 0.231. The van der Waals surface area contributed by atoms with E-state index in [-0.39, 0.29) is 17.2 Å². The molecule has 122 valence electrons. The minimum atomic E-state index is -0.356. The Labute approximate surface area is 141 Å². The number of carbonyl (C=O) groups excluding carboxylic acids is 1. The molecule has 3 rings (SSSR count). The molecule has 1 N–H and O–H groups in total. The molecule has 0 atom stereocenters. The van der Waals surface area contributed by atoms with Crippen molar-refractivity contribution in [2.75, 3.05) is 0 Å². The molecule has 0 aliphatic heterocycles. The Bertz CT molecular complexity index is 831. The third kappa shape index (κ3) is 3.54. The number of aromatic nitrogens is 1. The van der Waals surface area contributed by atoms with Crippen LogP contribution in [0.15, 0.2) is 65.1 Å². The summed E-state index contributed by atoms with van der Waals surface area (Å²) >= 11 is 0. The monoisotopic (exact) mass is 320 g/mol. The maximum absolute atomic E-state index is 12.7. The average molecular weight is 320 g/mol. The molecule has 1 heterocycles. The Morgan fingerprint density at radius 2 is 1.46 bits per heavy atom. The second-order valence-corrected chi connectivity index (χ2v) is 6.63. The number of oxazole rings is 1. The number of rotatable bonds is 3. The zero-order valence-electron chi connectivity index (χ0n) is 14.0. The fourth-order valence-corrected chi connectivity index (χ4v) is 2.37. The van der Waals surface area contributed by atoms with Gasteiger partial charge in [0.05, 0.1) is 0 Å². The summed E-state index contributed by atoms with van der Waals surface area (Å²) in [7, 11) is 0. The quantitative estimate of drug-likeness (QED) is 0.771. The van der Waals surface area contributed by atoms with Gasteiger partial charge in [0.15, 0.2) is 0 Å². The van der Waals surface area contributed by atoms with Crippen molar-refractivity contribution in [2.24, 2.45) is 0 Å². The first kappa shape index (κ1) is 16.0. The summed E-state index contributed by atoms with van der Waals surface area (Å²) in [6.45, 7) is 5.80. The van der Waals surface area contributed by atoms with Gasteiger partial charge in [-0.1, -0.05) is 48.5 Å². The van der Waals surface area contributed by atoms with Gasteiger partial charge in [0, 0.05) is 16.7 Å². The number of nitrogens with one attached hydrogen (secondary N) is 1. The zero-order chi connectivity index (χ0) is 17.2. The molecule has 0 radical (unpaired) electrons. The van der Waals surface area contributed by atoms with Crippen molar-refractivity contribution in [2.45, 2.75) is 26.3 Å². The highest BCUT2D eigenvalue weighted by Gasteiger charge is 2.25. The van der Waals surface area contributed by atoms with E-state index < -0.39 is 0 Å². The second-order valence-electron chi connectivity index (χ2n) is 6.63. The largest absolute Gasteiger partial charge is 0.430 e. The van der Waals surface area contributed by atoms with Crippen molar-refractivity contribution in [1.29, 1.82) is 0 Å². The molecule has 1 aromatic heterocycles. The van der Waals surface area contributed by atoms with Gasteiger partial charge in [0.25, 0.3) is 5.91 Å². The second kappa shape index (κ2) is 6.32. The van der Waals surface area contributed by atoms with Crippen molar-refractivity contribution in [3.63, 3.8) is 0 Å². The normalized spacial score (nSPS) is 11.3. The van der Waals surface area contributed by atoms with E-state index in [0.717, 1.165) is 11.1 Å². The molecule has 2 aromatic carbocycles. The Morgan fingerprint density at radius 1 is 0.917 bits per heavy atom. The van der Waals surface area contributed by atoms with Crippen molar-refractivity contribution in [3.05, 3.63) is 66.4 Å². The standard InChI is InChI=1S/C20H20N2O2/c1-20(2,3)22-18(23)17-16(14-10-6-4-7-11-14)21-19(24-17)15-12-8-5-9-13-15/h4-13H,1-3H3,(H,22,23). The molecule has 0 aliphatic carbocycles. The van der Waals surface area contributed by atoms with Crippen molar-refractivity contribution >= 4 is 5.91 Å². The van der Waals surface area contributed by atoms with Gasteiger partial charge in [-0.2, -0.15) is 0 Å². The first-order chi connectivity index (χ1) is 11.4. The maximum atomic E-state index is 12.7. The van der Waals surface area contributed by atoms with E-state index in [1.54, 1.807) is 0 Å². The molecule has 4 nitrogen and oxygen atoms in total. The molecular weight excluding hydrogens is 300 g/mol. The molecule has 0 aliphatic rings. The van der Waals surface area contributed by atoms with Crippen LogP contribution in [0.25, 0.3) is 22.7 Å². The lowest BCUT2D eigenvalue weighted by atomic mass is 10.1. The lowest BCUT2D eigenvalue weighted by molar-refractivity contribution is 0.0893. The van der Waals surface area contributed by atoms with Gasteiger partial charge in [0.2, 0.25) is 11.7 Å². The number of hydrogen-bond acceptors (Lipinski definition) is 3. The lowest BCUT2D eigenvalue weighted by Crippen LogP contribution is -2.40. The maximum Gasteiger partial charge on any atom is 0.289 e. The van der Waals surface area contributed by atoms with Gasteiger partial charge in [0.1, 0.15) is 5.69 Å². The van der Waals surface area contributed by atoms with E-state index in [2.05, 4.69) is 10.3 Å². The van der Waals surface area contributed by atoms with Crippen LogP contribution in [0.5, 0.6) is 0 Å². The van der Waals surface area contributed by atoms with Crippen LogP contribution in [-0.4, -0.2) is 16.4 Å². The Balaban J connectivity index is 2.09. The molecule has 0 bridgehead atoms. The first-order valence-corrected chi connectivity index (χ1v) is 7.88. The predicted molar refractivity (Wildman–Crippen MR) is 94.6 cm³/mol. The number of nitrogens with zero attached hydrogens (tertiary/aromatic N) is 1. The fourth-order valence-electron chi connectivity index (χ4n) is 2.37. The van der Waals surface area contributed by atoms with Crippen molar-refractivity contribution < 1.29 is 9.21 Å². The fraction of sp³-hybridized carbons (Fsp3) is 0.200. The number of amides is 1. The topological polar surface area (TPSA) is 55.1 Å². The third-order valence-electron chi connectivity index (χ3n) is 3.39. The molecule has 0 spiro atoms. The molecule has 0 saturated carbocycles. The van der Waals surface area contributed by atoms with E-state index in [4.69, 9.17) is 4.42 Å². The van der Waals surface area contributed by atoms with Gasteiger partial charge in [-0.25, -0.2) is 4.98 Å². The van der Waals surface area contributed by atoms with E-state index in [9.17, 15) is 4.79 Å². The first-order valence-electron chi connectivity index (χ1n) is 7.88. The van der Waals surface area contributed by atoms with Gasteiger partial charge < -0.3 is 9.73 Å². The van der Waals surface area contributed by atoms with Crippen LogP contribution in [0.2, 0.25) is 0 Å². The van der Waals surface area contributed by atoms with E-state index >= 15 is 0 Å². The summed E-state index contributed by atoms with van der Waals surface area (Å²) in [5, 5.41) is 2.94. The lowest BCUT2D eigenvalue weighted by Gasteiger charge is -2.19. The predicted octanol–water partition coefficient (Wildman–Crippen LogP) is 4.54. The number of carbonyl (C=O) groups is 1. The zero-order valence-corrected chi connectivity index (χ0v) is 14.0. The average Bonchev–Trinajstić information content (AvgIpc) is 3.00. The molecule has 0 saturated heterocycles. The van der Waals surface area contributed by atoms with Gasteiger partial charge in [-0.05, 0) is 32.9 Å². The summed E-state index contributed by atoms with van der Waals surface area (Å²) in [6.07, 6.45) is 0. The Kier molecular flexibility index (Phi) is 4.21. The molecular formula is C20H20N2O2.